The van der Waals surface area contributed by atoms with E-state index in [9.17, 15) is 5.11 Å². The molecule has 0 aliphatic heterocycles. The normalized spacial score (nSPS) is 16.6. The van der Waals surface area contributed by atoms with Crippen LogP contribution in [-0.4, -0.2) is 41.8 Å². The Hall–Kier alpha value is -1.06. The van der Waals surface area contributed by atoms with Gasteiger partial charge in [0.2, 0.25) is 0 Å². The smallest absolute Gasteiger partial charge is 0.119 e. The fourth-order valence-electron chi connectivity index (χ4n) is 2.30. The lowest BCUT2D eigenvalue weighted by atomic mass is 10.2. The van der Waals surface area contributed by atoms with Crippen molar-refractivity contribution < 1.29 is 9.84 Å². The van der Waals surface area contributed by atoms with Crippen molar-refractivity contribution >= 4 is 0 Å². The number of rotatable bonds is 8. The van der Waals surface area contributed by atoms with E-state index in [1.54, 1.807) is 0 Å². The summed E-state index contributed by atoms with van der Waals surface area (Å²) in [5, 5.41) is 10.1. The predicted octanol–water partition coefficient (Wildman–Crippen LogP) is 2.61. The molecule has 0 heterocycles. The molecular formula is C16H25NO2. The van der Waals surface area contributed by atoms with E-state index in [1.807, 2.05) is 24.3 Å². The average molecular weight is 263 g/mol. The minimum atomic E-state index is -0.409. The van der Waals surface area contributed by atoms with Gasteiger partial charge in [-0.2, -0.15) is 0 Å². The van der Waals surface area contributed by atoms with E-state index < -0.39 is 6.10 Å². The van der Waals surface area contributed by atoms with Crippen LogP contribution >= 0.6 is 0 Å². The van der Waals surface area contributed by atoms with Crippen LogP contribution in [0, 0.1) is 6.92 Å². The number of nitrogens with zero attached hydrogens (tertiary/aromatic N) is 1. The Morgan fingerprint density at radius 3 is 2.58 bits per heavy atom. The second-order valence-corrected chi connectivity index (χ2v) is 5.50. The van der Waals surface area contributed by atoms with Crippen LogP contribution < -0.4 is 4.74 Å². The van der Waals surface area contributed by atoms with E-state index in [4.69, 9.17) is 4.74 Å². The molecular weight excluding hydrogens is 238 g/mol. The first-order valence-electron chi connectivity index (χ1n) is 7.30. The third-order valence-electron chi connectivity index (χ3n) is 3.48. The molecule has 0 radical (unpaired) electrons. The maximum absolute atomic E-state index is 10.1. The molecule has 0 bridgehead atoms. The van der Waals surface area contributed by atoms with Gasteiger partial charge in [-0.1, -0.05) is 24.6 Å². The number of hydrogen-bond donors (Lipinski definition) is 1. The summed E-state index contributed by atoms with van der Waals surface area (Å²) in [5.41, 5.74) is 1.22. The molecule has 106 valence electrons. The lowest BCUT2D eigenvalue weighted by Gasteiger charge is -2.24. The fourth-order valence-corrected chi connectivity index (χ4v) is 2.30. The summed E-state index contributed by atoms with van der Waals surface area (Å²) in [5.74, 6) is 0.832. The first-order valence-corrected chi connectivity index (χ1v) is 7.30. The molecule has 0 amide bonds. The van der Waals surface area contributed by atoms with Gasteiger partial charge in [-0.3, -0.25) is 4.90 Å². The van der Waals surface area contributed by atoms with Crippen molar-refractivity contribution in [3.05, 3.63) is 29.8 Å². The SMILES string of the molecule is CCCN(CC(O)COc1ccc(C)cc1)C1CC1. The van der Waals surface area contributed by atoms with Crippen molar-refractivity contribution in [3.8, 4) is 5.75 Å². The standard InChI is InChI=1S/C16H25NO2/c1-3-10-17(14-6-7-14)11-15(18)12-19-16-8-4-13(2)5-9-16/h4-5,8-9,14-15,18H,3,6-7,10-12H2,1-2H3. The van der Waals surface area contributed by atoms with Crippen LogP contribution in [0.5, 0.6) is 5.75 Å². The first kappa shape index (κ1) is 14.4. The van der Waals surface area contributed by atoms with Gasteiger partial charge in [0.15, 0.2) is 0 Å². The summed E-state index contributed by atoms with van der Waals surface area (Å²) in [6, 6.07) is 8.65. The number of benzene rings is 1. The zero-order valence-electron chi connectivity index (χ0n) is 12.0. The third-order valence-corrected chi connectivity index (χ3v) is 3.48. The molecule has 1 aliphatic rings. The lowest BCUT2D eigenvalue weighted by molar-refractivity contribution is 0.0654. The molecule has 0 saturated heterocycles. The highest BCUT2D eigenvalue weighted by Crippen LogP contribution is 2.27. The van der Waals surface area contributed by atoms with E-state index in [0.29, 0.717) is 12.6 Å². The molecule has 1 fully saturated rings. The highest BCUT2D eigenvalue weighted by Gasteiger charge is 2.29. The van der Waals surface area contributed by atoms with Gasteiger partial charge >= 0.3 is 0 Å². The molecule has 0 spiro atoms. The van der Waals surface area contributed by atoms with Crippen LogP contribution in [0.25, 0.3) is 0 Å². The maximum atomic E-state index is 10.1. The Morgan fingerprint density at radius 1 is 1.32 bits per heavy atom. The molecule has 1 aromatic rings. The van der Waals surface area contributed by atoms with Crippen molar-refractivity contribution in [2.45, 2.75) is 45.3 Å². The Balaban J connectivity index is 1.73. The van der Waals surface area contributed by atoms with E-state index in [1.165, 1.54) is 18.4 Å². The first-order chi connectivity index (χ1) is 9.19. The second kappa shape index (κ2) is 6.92. The van der Waals surface area contributed by atoms with Gasteiger partial charge in [0.05, 0.1) is 0 Å². The van der Waals surface area contributed by atoms with Crippen LogP contribution in [0.15, 0.2) is 24.3 Å². The average Bonchev–Trinajstić information content (AvgIpc) is 3.22. The highest BCUT2D eigenvalue weighted by atomic mass is 16.5. The van der Waals surface area contributed by atoms with Crippen LogP contribution in [-0.2, 0) is 0 Å². The zero-order valence-corrected chi connectivity index (χ0v) is 12.0. The van der Waals surface area contributed by atoms with Crippen molar-refractivity contribution in [3.63, 3.8) is 0 Å². The molecule has 0 aromatic heterocycles. The molecule has 1 atom stereocenters. The van der Waals surface area contributed by atoms with Crippen molar-refractivity contribution in [1.82, 2.24) is 4.90 Å². The second-order valence-electron chi connectivity index (χ2n) is 5.50. The Labute approximate surface area is 116 Å². The van der Waals surface area contributed by atoms with Crippen molar-refractivity contribution in [2.75, 3.05) is 19.7 Å². The zero-order chi connectivity index (χ0) is 13.7. The molecule has 1 saturated carbocycles. The van der Waals surface area contributed by atoms with Gasteiger partial charge in [0.1, 0.15) is 18.5 Å². The quantitative estimate of drug-likeness (QED) is 0.782. The summed E-state index contributed by atoms with van der Waals surface area (Å²) in [7, 11) is 0. The van der Waals surface area contributed by atoms with Gasteiger partial charge in [-0.15, -0.1) is 0 Å². The topological polar surface area (TPSA) is 32.7 Å². The van der Waals surface area contributed by atoms with Gasteiger partial charge in [0.25, 0.3) is 0 Å². The van der Waals surface area contributed by atoms with Gasteiger partial charge < -0.3 is 9.84 Å². The predicted molar refractivity (Wildman–Crippen MR) is 77.6 cm³/mol. The minimum absolute atomic E-state index is 0.371. The molecule has 19 heavy (non-hydrogen) atoms. The molecule has 1 aromatic carbocycles. The Bertz CT molecular complexity index is 373. The summed E-state index contributed by atoms with van der Waals surface area (Å²) in [6.45, 7) is 6.41. The largest absolute Gasteiger partial charge is 0.491 e. The number of aliphatic hydroxyl groups is 1. The van der Waals surface area contributed by atoms with Crippen molar-refractivity contribution in [1.29, 1.82) is 0 Å². The number of aliphatic hydroxyl groups excluding tert-OH is 1. The van der Waals surface area contributed by atoms with Crippen LogP contribution in [0.4, 0.5) is 0 Å². The molecule has 3 heteroatoms. The van der Waals surface area contributed by atoms with E-state index in [-0.39, 0.29) is 0 Å². The summed E-state index contributed by atoms with van der Waals surface area (Å²) in [6.07, 6.45) is 3.30. The van der Waals surface area contributed by atoms with Crippen LogP contribution in [0.1, 0.15) is 31.7 Å². The van der Waals surface area contributed by atoms with Gasteiger partial charge in [0, 0.05) is 12.6 Å². The Morgan fingerprint density at radius 2 is 2.00 bits per heavy atom. The van der Waals surface area contributed by atoms with Crippen molar-refractivity contribution in [2.24, 2.45) is 0 Å². The Kier molecular flexibility index (Phi) is 5.23. The van der Waals surface area contributed by atoms with Gasteiger partial charge in [-0.05, 0) is 44.9 Å². The van der Waals surface area contributed by atoms with Crippen LogP contribution in [0.3, 0.4) is 0 Å². The van der Waals surface area contributed by atoms with E-state index >= 15 is 0 Å². The summed E-state index contributed by atoms with van der Waals surface area (Å²) >= 11 is 0. The molecule has 1 aliphatic carbocycles. The summed E-state index contributed by atoms with van der Waals surface area (Å²) in [4.78, 5) is 2.39. The highest BCUT2D eigenvalue weighted by molar-refractivity contribution is 5.26. The summed E-state index contributed by atoms with van der Waals surface area (Å²) < 4.78 is 5.63. The van der Waals surface area contributed by atoms with E-state index in [2.05, 4.69) is 18.7 Å². The van der Waals surface area contributed by atoms with E-state index in [0.717, 1.165) is 25.3 Å². The maximum Gasteiger partial charge on any atom is 0.119 e. The molecule has 1 N–H and O–H groups in total. The lowest BCUT2D eigenvalue weighted by Crippen LogP contribution is -2.37. The molecule has 2 rings (SSSR count). The third kappa shape index (κ3) is 4.84. The molecule has 3 nitrogen and oxygen atoms in total. The fraction of sp³-hybridized carbons (Fsp3) is 0.625. The monoisotopic (exact) mass is 263 g/mol. The minimum Gasteiger partial charge on any atom is -0.491 e. The number of ether oxygens (including phenoxy) is 1. The number of hydrogen-bond acceptors (Lipinski definition) is 3. The van der Waals surface area contributed by atoms with Gasteiger partial charge in [-0.25, -0.2) is 0 Å². The molecule has 1 unspecified atom stereocenters. The number of aryl methyl sites for hydroxylation is 1. The van der Waals surface area contributed by atoms with Crippen LogP contribution in [0.2, 0.25) is 0 Å².